The average Bonchev–Trinajstić information content (AvgIpc) is 2.29. The molecular formula is C12H20N2O. The Morgan fingerprint density at radius 2 is 2.07 bits per heavy atom. The van der Waals surface area contributed by atoms with Crippen LogP contribution in [0.2, 0.25) is 0 Å². The third-order valence-corrected chi connectivity index (χ3v) is 3.33. The summed E-state index contributed by atoms with van der Waals surface area (Å²) in [5.41, 5.74) is 5.44. The molecule has 0 aromatic heterocycles. The lowest BCUT2D eigenvalue weighted by Crippen LogP contribution is -2.47. The van der Waals surface area contributed by atoms with Gasteiger partial charge in [-0.2, -0.15) is 0 Å². The number of hydrogen-bond acceptors (Lipinski definition) is 2. The number of terminal acetylenes is 1. The first-order valence-corrected chi connectivity index (χ1v) is 5.55. The molecule has 2 N–H and O–H groups in total. The molecule has 1 fully saturated rings. The zero-order valence-electron chi connectivity index (χ0n) is 9.46. The van der Waals surface area contributed by atoms with Crippen LogP contribution in [0.25, 0.3) is 0 Å². The van der Waals surface area contributed by atoms with E-state index in [-0.39, 0.29) is 11.3 Å². The zero-order valence-corrected chi connectivity index (χ0v) is 9.46. The van der Waals surface area contributed by atoms with Gasteiger partial charge in [0.15, 0.2) is 0 Å². The second-order valence-electron chi connectivity index (χ2n) is 4.41. The number of carbonyl (C=O) groups excluding carboxylic acids is 1. The smallest absolute Gasteiger partial charge is 0.230 e. The summed E-state index contributed by atoms with van der Waals surface area (Å²) in [6.07, 6.45) is 10.5. The quantitative estimate of drug-likeness (QED) is 0.703. The molecule has 84 valence electrons. The molecule has 3 heteroatoms. The lowest BCUT2D eigenvalue weighted by molar-refractivity contribution is -0.141. The van der Waals surface area contributed by atoms with Gasteiger partial charge in [-0.15, -0.1) is 6.42 Å². The molecule has 0 unspecified atom stereocenters. The van der Waals surface area contributed by atoms with E-state index in [0.29, 0.717) is 13.1 Å². The molecule has 0 radical (unpaired) electrons. The Bertz CT molecular complexity index is 261. The van der Waals surface area contributed by atoms with Crippen LogP contribution in [0.5, 0.6) is 0 Å². The molecule has 0 aromatic rings. The molecule has 0 bridgehead atoms. The van der Waals surface area contributed by atoms with Gasteiger partial charge in [0, 0.05) is 13.6 Å². The highest BCUT2D eigenvalue weighted by molar-refractivity contribution is 5.83. The van der Waals surface area contributed by atoms with Crippen LogP contribution in [-0.4, -0.2) is 30.9 Å². The summed E-state index contributed by atoms with van der Waals surface area (Å²) in [6, 6.07) is 0. The van der Waals surface area contributed by atoms with Gasteiger partial charge in [0.05, 0.1) is 12.0 Å². The van der Waals surface area contributed by atoms with Crippen molar-refractivity contribution in [1.82, 2.24) is 4.90 Å². The van der Waals surface area contributed by atoms with Gasteiger partial charge in [-0.1, -0.05) is 25.2 Å². The van der Waals surface area contributed by atoms with Crippen molar-refractivity contribution in [2.45, 2.75) is 32.1 Å². The Labute approximate surface area is 92.0 Å². The number of nitrogens with two attached hydrogens (primary N) is 1. The fourth-order valence-corrected chi connectivity index (χ4v) is 2.35. The van der Waals surface area contributed by atoms with E-state index in [9.17, 15) is 4.79 Å². The molecule has 1 aliphatic rings. The van der Waals surface area contributed by atoms with E-state index in [1.807, 2.05) is 0 Å². The van der Waals surface area contributed by atoms with Gasteiger partial charge >= 0.3 is 0 Å². The van der Waals surface area contributed by atoms with Crippen LogP contribution in [0.15, 0.2) is 0 Å². The fourth-order valence-electron chi connectivity index (χ4n) is 2.35. The van der Waals surface area contributed by atoms with Gasteiger partial charge in [0.25, 0.3) is 0 Å². The van der Waals surface area contributed by atoms with Gasteiger partial charge in [0.1, 0.15) is 0 Å². The summed E-state index contributed by atoms with van der Waals surface area (Å²) in [6.45, 7) is 0.821. The van der Waals surface area contributed by atoms with E-state index in [2.05, 4.69) is 5.92 Å². The van der Waals surface area contributed by atoms with Gasteiger partial charge in [-0.05, 0) is 12.8 Å². The third kappa shape index (κ3) is 2.51. The number of amides is 1. The molecule has 0 atom stereocenters. The molecular weight excluding hydrogens is 188 g/mol. The molecule has 1 rings (SSSR count). The van der Waals surface area contributed by atoms with Crippen molar-refractivity contribution in [3.63, 3.8) is 0 Å². The fraction of sp³-hybridized carbons (Fsp3) is 0.750. The first-order chi connectivity index (χ1) is 7.16. The Morgan fingerprint density at radius 1 is 1.47 bits per heavy atom. The molecule has 1 aliphatic carbocycles. The van der Waals surface area contributed by atoms with Crippen molar-refractivity contribution in [2.24, 2.45) is 11.1 Å². The van der Waals surface area contributed by atoms with E-state index in [4.69, 9.17) is 12.2 Å². The lowest BCUT2D eigenvalue weighted by atomic mass is 9.73. The predicted octanol–water partition coefficient (Wildman–Crippen LogP) is 0.987. The van der Waals surface area contributed by atoms with Gasteiger partial charge in [-0.25, -0.2) is 0 Å². The maximum atomic E-state index is 12.2. The van der Waals surface area contributed by atoms with Crippen LogP contribution >= 0.6 is 0 Å². The predicted molar refractivity (Wildman–Crippen MR) is 61.0 cm³/mol. The molecule has 0 spiro atoms. The first kappa shape index (κ1) is 12.1. The van der Waals surface area contributed by atoms with E-state index in [1.54, 1.807) is 11.9 Å². The maximum absolute atomic E-state index is 12.2. The molecule has 0 aromatic carbocycles. The van der Waals surface area contributed by atoms with Crippen molar-refractivity contribution in [3.8, 4) is 12.3 Å². The molecule has 1 saturated carbocycles. The van der Waals surface area contributed by atoms with E-state index >= 15 is 0 Å². The second-order valence-corrected chi connectivity index (χ2v) is 4.41. The van der Waals surface area contributed by atoms with E-state index in [1.165, 1.54) is 6.42 Å². The first-order valence-electron chi connectivity index (χ1n) is 5.55. The average molecular weight is 208 g/mol. The second kappa shape index (κ2) is 5.18. The van der Waals surface area contributed by atoms with Crippen molar-refractivity contribution < 1.29 is 4.79 Å². The summed E-state index contributed by atoms with van der Waals surface area (Å²) >= 11 is 0. The molecule has 3 nitrogen and oxygen atoms in total. The molecule has 0 saturated heterocycles. The lowest BCUT2D eigenvalue weighted by Gasteiger charge is -2.37. The minimum Gasteiger partial charge on any atom is -0.334 e. The minimum atomic E-state index is -0.330. The molecule has 15 heavy (non-hydrogen) atoms. The Kier molecular flexibility index (Phi) is 4.16. The summed E-state index contributed by atoms with van der Waals surface area (Å²) in [4.78, 5) is 13.8. The normalized spacial score (nSPS) is 19.3. The topological polar surface area (TPSA) is 46.3 Å². The standard InChI is InChI=1S/C12H20N2O/c1-3-9-14(2)11(15)12(10-13)7-5-4-6-8-12/h1H,4-10,13H2,2H3. The van der Waals surface area contributed by atoms with Crippen LogP contribution in [0.4, 0.5) is 0 Å². The number of carbonyl (C=O) groups is 1. The van der Waals surface area contributed by atoms with Crippen LogP contribution in [0.3, 0.4) is 0 Å². The van der Waals surface area contributed by atoms with Crippen molar-refractivity contribution in [2.75, 3.05) is 20.1 Å². The van der Waals surface area contributed by atoms with Crippen molar-refractivity contribution >= 4 is 5.91 Å². The molecule has 1 amide bonds. The number of hydrogen-bond donors (Lipinski definition) is 1. The van der Waals surface area contributed by atoms with Crippen LogP contribution in [0.1, 0.15) is 32.1 Å². The maximum Gasteiger partial charge on any atom is 0.230 e. The minimum absolute atomic E-state index is 0.127. The van der Waals surface area contributed by atoms with Crippen LogP contribution in [-0.2, 0) is 4.79 Å². The molecule has 0 aliphatic heterocycles. The Morgan fingerprint density at radius 3 is 2.53 bits per heavy atom. The van der Waals surface area contributed by atoms with E-state index < -0.39 is 0 Å². The summed E-state index contributed by atoms with van der Waals surface area (Å²) in [5.74, 6) is 2.62. The summed E-state index contributed by atoms with van der Waals surface area (Å²) in [5, 5.41) is 0. The Hall–Kier alpha value is -1.01. The van der Waals surface area contributed by atoms with Crippen molar-refractivity contribution in [1.29, 1.82) is 0 Å². The van der Waals surface area contributed by atoms with Gasteiger partial charge in [0.2, 0.25) is 5.91 Å². The van der Waals surface area contributed by atoms with Gasteiger partial charge < -0.3 is 10.6 Å². The highest BCUT2D eigenvalue weighted by atomic mass is 16.2. The third-order valence-electron chi connectivity index (χ3n) is 3.33. The Balaban J connectivity index is 2.72. The monoisotopic (exact) mass is 208 g/mol. The SMILES string of the molecule is C#CCN(C)C(=O)C1(CN)CCCCC1. The highest BCUT2D eigenvalue weighted by Crippen LogP contribution is 2.36. The summed E-state index contributed by atoms with van der Waals surface area (Å²) in [7, 11) is 1.76. The van der Waals surface area contributed by atoms with Crippen molar-refractivity contribution in [3.05, 3.63) is 0 Å². The van der Waals surface area contributed by atoms with E-state index in [0.717, 1.165) is 25.7 Å². The number of nitrogens with zero attached hydrogens (tertiary/aromatic N) is 1. The van der Waals surface area contributed by atoms with Crippen LogP contribution < -0.4 is 5.73 Å². The van der Waals surface area contributed by atoms with Crippen LogP contribution in [0, 0.1) is 17.8 Å². The molecule has 0 heterocycles. The van der Waals surface area contributed by atoms with Gasteiger partial charge in [-0.3, -0.25) is 4.79 Å². The number of rotatable bonds is 3. The largest absolute Gasteiger partial charge is 0.334 e. The zero-order chi connectivity index (χ0) is 11.3. The highest BCUT2D eigenvalue weighted by Gasteiger charge is 2.39. The summed E-state index contributed by atoms with van der Waals surface area (Å²) < 4.78 is 0.